The maximum Gasteiger partial charge on any atom is 0.326 e. The van der Waals surface area contributed by atoms with E-state index in [1.54, 1.807) is 6.20 Å². The van der Waals surface area contributed by atoms with E-state index < -0.39 is 47.9 Å². The van der Waals surface area contributed by atoms with Crippen LogP contribution in [0.3, 0.4) is 0 Å². The van der Waals surface area contributed by atoms with E-state index in [1.807, 2.05) is 44.2 Å². The second-order valence-electron chi connectivity index (χ2n) is 9.53. The van der Waals surface area contributed by atoms with Crippen molar-refractivity contribution in [1.29, 1.82) is 0 Å². The van der Waals surface area contributed by atoms with E-state index in [2.05, 4.69) is 20.6 Å². The third kappa shape index (κ3) is 7.39. The number of nitrogens with one attached hydrogen (secondary N) is 3. The number of aromatic amines is 1. The number of likely N-dealkylation sites (tertiary alicyclic amines) is 1. The van der Waals surface area contributed by atoms with Crippen molar-refractivity contribution in [2.75, 3.05) is 6.54 Å². The molecule has 5 unspecified atom stereocenters. The predicted octanol–water partition coefficient (Wildman–Crippen LogP) is 0.614. The van der Waals surface area contributed by atoms with Crippen LogP contribution >= 0.6 is 0 Å². The monoisotopic (exact) mass is 512 g/mol. The van der Waals surface area contributed by atoms with Gasteiger partial charge in [-0.05, 0) is 24.3 Å². The van der Waals surface area contributed by atoms with Crippen LogP contribution in [0.25, 0.3) is 0 Å². The highest BCUT2D eigenvalue weighted by molar-refractivity contribution is 5.94. The molecule has 0 aliphatic carbocycles. The molecule has 200 valence electrons. The van der Waals surface area contributed by atoms with Gasteiger partial charge in [-0.1, -0.05) is 50.6 Å². The molecule has 11 nitrogen and oxygen atoms in total. The fraction of sp³-hybridized carbons (Fsp3) is 0.500. The summed E-state index contributed by atoms with van der Waals surface area (Å²) in [6.45, 7) is 4.09. The molecule has 1 saturated heterocycles. The number of carboxylic acid groups (broad SMARTS) is 1. The number of carboxylic acids is 1. The van der Waals surface area contributed by atoms with Gasteiger partial charge in [0.25, 0.3) is 0 Å². The summed E-state index contributed by atoms with van der Waals surface area (Å²) in [6, 6.07) is 5.39. The molecule has 0 radical (unpaired) electrons. The average Bonchev–Trinajstić information content (AvgIpc) is 3.59. The Kier molecular flexibility index (Phi) is 9.78. The fourth-order valence-electron chi connectivity index (χ4n) is 4.42. The van der Waals surface area contributed by atoms with Crippen LogP contribution in [0, 0.1) is 5.92 Å². The Labute approximate surface area is 216 Å². The van der Waals surface area contributed by atoms with E-state index in [0.717, 1.165) is 5.56 Å². The lowest BCUT2D eigenvalue weighted by molar-refractivity contribution is -0.149. The summed E-state index contributed by atoms with van der Waals surface area (Å²) < 4.78 is 0. The summed E-state index contributed by atoms with van der Waals surface area (Å²) in [4.78, 5) is 59.8. The SMILES string of the molecule is CCC(C)C(N)C(=O)NC(Cc1cnc[nH]1)C(=O)NC(Cc1ccccc1)C(=O)N1CCCC1C(=O)O. The van der Waals surface area contributed by atoms with E-state index in [1.165, 1.54) is 11.2 Å². The van der Waals surface area contributed by atoms with Gasteiger partial charge >= 0.3 is 5.97 Å². The number of carbonyl (C=O) groups excluding carboxylic acids is 3. The first-order valence-corrected chi connectivity index (χ1v) is 12.6. The van der Waals surface area contributed by atoms with Crippen LogP contribution in [0.15, 0.2) is 42.9 Å². The van der Waals surface area contributed by atoms with Crippen molar-refractivity contribution in [3.05, 3.63) is 54.1 Å². The molecular formula is C26H36N6O5. The summed E-state index contributed by atoms with van der Waals surface area (Å²) in [5, 5.41) is 15.1. The van der Waals surface area contributed by atoms with Crippen LogP contribution in [-0.2, 0) is 32.0 Å². The van der Waals surface area contributed by atoms with Gasteiger partial charge in [-0.2, -0.15) is 0 Å². The fourth-order valence-corrected chi connectivity index (χ4v) is 4.42. The second kappa shape index (κ2) is 13.0. The smallest absolute Gasteiger partial charge is 0.326 e. The highest BCUT2D eigenvalue weighted by atomic mass is 16.4. The predicted molar refractivity (Wildman–Crippen MR) is 136 cm³/mol. The van der Waals surface area contributed by atoms with Crippen LogP contribution in [0.1, 0.15) is 44.4 Å². The normalized spacial score (nSPS) is 18.5. The number of carbonyl (C=O) groups is 4. The summed E-state index contributed by atoms with van der Waals surface area (Å²) in [7, 11) is 0. The summed E-state index contributed by atoms with van der Waals surface area (Å²) in [6.07, 6.45) is 4.93. The van der Waals surface area contributed by atoms with Crippen LogP contribution in [0.4, 0.5) is 0 Å². The number of rotatable bonds is 12. The average molecular weight is 513 g/mol. The minimum Gasteiger partial charge on any atom is -0.480 e. The molecule has 1 aromatic carbocycles. The molecule has 0 spiro atoms. The number of aliphatic carboxylic acids is 1. The molecule has 1 aliphatic heterocycles. The molecule has 3 amide bonds. The molecule has 2 heterocycles. The lowest BCUT2D eigenvalue weighted by Gasteiger charge is -2.29. The third-order valence-electron chi connectivity index (χ3n) is 6.89. The maximum absolute atomic E-state index is 13.5. The first-order valence-electron chi connectivity index (χ1n) is 12.6. The van der Waals surface area contributed by atoms with Crippen molar-refractivity contribution in [2.45, 2.75) is 70.1 Å². The van der Waals surface area contributed by atoms with E-state index in [4.69, 9.17) is 5.73 Å². The summed E-state index contributed by atoms with van der Waals surface area (Å²) >= 11 is 0. The molecule has 1 aromatic heterocycles. The zero-order chi connectivity index (χ0) is 26.9. The molecule has 1 fully saturated rings. The van der Waals surface area contributed by atoms with Gasteiger partial charge in [-0.15, -0.1) is 0 Å². The van der Waals surface area contributed by atoms with Gasteiger partial charge in [0.2, 0.25) is 17.7 Å². The van der Waals surface area contributed by atoms with Crippen molar-refractivity contribution in [3.8, 4) is 0 Å². The Hall–Kier alpha value is -3.73. The maximum atomic E-state index is 13.5. The molecule has 11 heteroatoms. The van der Waals surface area contributed by atoms with E-state index in [0.29, 0.717) is 31.5 Å². The molecule has 2 aromatic rings. The Morgan fingerprint density at radius 1 is 1.14 bits per heavy atom. The second-order valence-corrected chi connectivity index (χ2v) is 9.53. The zero-order valence-corrected chi connectivity index (χ0v) is 21.2. The van der Waals surface area contributed by atoms with Gasteiger partial charge in [0.15, 0.2) is 0 Å². The van der Waals surface area contributed by atoms with Crippen molar-refractivity contribution in [3.63, 3.8) is 0 Å². The number of aromatic nitrogens is 2. The van der Waals surface area contributed by atoms with Crippen LogP contribution < -0.4 is 16.4 Å². The minimum atomic E-state index is -1.07. The molecule has 5 atom stereocenters. The third-order valence-corrected chi connectivity index (χ3v) is 6.89. The number of imidazole rings is 1. The van der Waals surface area contributed by atoms with Gasteiger partial charge < -0.3 is 31.4 Å². The molecule has 0 saturated carbocycles. The molecule has 37 heavy (non-hydrogen) atoms. The summed E-state index contributed by atoms with van der Waals surface area (Å²) in [5.41, 5.74) is 7.52. The van der Waals surface area contributed by atoms with Crippen molar-refractivity contribution in [2.24, 2.45) is 11.7 Å². The number of amides is 3. The Bertz CT molecular complexity index is 1060. The molecular weight excluding hydrogens is 476 g/mol. The number of benzene rings is 1. The van der Waals surface area contributed by atoms with Crippen molar-refractivity contribution < 1.29 is 24.3 Å². The Morgan fingerprint density at radius 3 is 2.46 bits per heavy atom. The number of hydrogen-bond acceptors (Lipinski definition) is 6. The Balaban J connectivity index is 1.83. The van der Waals surface area contributed by atoms with E-state index >= 15 is 0 Å². The van der Waals surface area contributed by atoms with Gasteiger partial charge in [-0.25, -0.2) is 9.78 Å². The van der Waals surface area contributed by atoms with Crippen molar-refractivity contribution >= 4 is 23.7 Å². The number of hydrogen-bond donors (Lipinski definition) is 5. The Morgan fingerprint density at radius 2 is 1.84 bits per heavy atom. The lowest BCUT2D eigenvalue weighted by atomic mass is 9.98. The molecule has 1 aliphatic rings. The molecule has 0 bridgehead atoms. The van der Waals surface area contributed by atoms with Crippen LogP contribution in [-0.4, -0.2) is 74.4 Å². The minimum absolute atomic E-state index is 0.0913. The number of nitrogens with two attached hydrogens (primary N) is 1. The summed E-state index contributed by atoms with van der Waals surface area (Å²) in [5.74, 6) is -2.67. The van der Waals surface area contributed by atoms with Gasteiger partial charge in [0.05, 0.1) is 12.4 Å². The van der Waals surface area contributed by atoms with Gasteiger partial charge in [0.1, 0.15) is 18.1 Å². The van der Waals surface area contributed by atoms with Crippen LogP contribution in [0.5, 0.6) is 0 Å². The highest BCUT2D eigenvalue weighted by Gasteiger charge is 2.38. The molecule has 6 N–H and O–H groups in total. The van der Waals surface area contributed by atoms with E-state index in [-0.39, 0.29) is 18.8 Å². The topological polar surface area (TPSA) is 171 Å². The highest BCUT2D eigenvalue weighted by Crippen LogP contribution is 2.20. The standard InChI is InChI=1S/C26H36N6O5/c1-3-16(2)22(27)24(34)30-19(13-18-14-28-15-29-18)23(33)31-20(12-17-8-5-4-6-9-17)25(35)32-11-7-10-21(32)26(36)37/h4-6,8-9,14-16,19-22H,3,7,10-13,27H2,1-2H3,(H,28,29)(H,30,34)(H,31,33)(H,36,37). The first kappa shape index (κ1) is 27.9. The lowest BCUT2D eigenvalue weighted by Crippen LogP contribution is -2.58. The number of H-pyrrole nitrogens is 1. The van der Waals surface area contributed by atoms with Gasteiger partial charge in [0, 0.05) is 31.3 Å². The quantitative estimate of drug-likeness (QED) is 0.277. The van der Waals surface area contributed by atoms with Gasteiger partial charge in [-0.3, -0.25) is 14.4 Å². The van der Waals surface area contributed by atoms with Crippen molar-refractivity contribution in [1.82, 2.24) is 25.5 Å². The zero-order valence-electron chi connectivity index (χ0n) is 21.2. The largest absolute Gasteiger partial charge is 0.480 e. The van der Waals surface area contributed by atoms with Crippen LogP contribution in [0.2, 0.25) is 0 Å². The molecule has 3 rings (SSSR count). The first-order chi connectivity index (χ1) is 17.7. The van der Waals surface area contributed by atoms with E-state index in [9.17, 15) is 24.3 Å². The number of nitrogens with zero attached hydrogens (tertiary/aromatic N) is 2.